The number of ether oxygens (including phenoxy) is 1. The van der Waals surface area contributed by atoms with Gasteiger partial charge >= 0.3 is 5.97 Å². The molecule has 12 heteroatoms. The SMILES string of the molecule is O=C(COc1cccc([C@](O)(C(=O)O)c2ccccc2)c1)N1CCC[C@@H](Nc2ccc(CCNC[C@H](O)c3ccc(O)c4[nH]c(=O)ccc34)cc2)C1. The van der Waals surface area contributed by atoms with Crippen LogP contribution >= 0.6 is 0 Å². The number of amides is 1. The van der Waals surface area contributed by atoms with E-state index < -0.39 is 17.7 Å². The number of aliphatic carboxylic acids is 1. The molecule has 4 aromatic carbocycles. The maximum Gasteiger partial charge on any atom is 0.345 e. The van der Waals surface area contributed by atoms with Crippen molar-refractivity contribution in [1.82, 2.24) is 15.2 Å². The zero-order valence-corrected chi connectivity index (χ0v) is 28.5. The molecule has 1 amide bonds. The molecule has 52 heavy (non-hydrogen) atoms. The molecule has 1 aliphatic heterocycles. The van der Waals surface area contributed by atoms with Crippen molar-refractivity contribution in [2.75, 3.05) is 38.1 Å². The van der Waals surface area contributed by atoms with Gasteiger partial charge in [-0.15, -0.1) is 0 Å². The quantitative estimate of drug-likeness (QED) is 0.0836. The Bertz CT molecular complexity index is 2070. The Labute approximate surface area is 300 Å². The van der Waals surface area contributed by atoms with E-state index in [0.29, 0.717) is 42.6 Å². The van der Waals surface area contributed by atoms with Crippen LogP contribution < -0.4 is 20.9 Å². The van der Waals surface area contributed by atoms with Crippen molar-refractivity contribution in [1.29, 1.82) is 0 Å². The van der Waals surface area contributed by atoms with E-state index in [-0.39, 0.29) is 46.7 Å². The first kappa shape index (κ1) is 36.1. The second kappa shape index (κ2) is 16.1. The summed E-state index contributed by atoms with van der Waals surface area (Å²) in [6.45, 7) is 1.83. The topological polar surface area (TPSA) is 184 Å². The molecule has 2 heterocycles. The summed E-state index contributed by atoms with van der Waals surface area (Å²) in [6.07, 6.45) is 1.65. The maximum absolute atomic E-state index is 13.1. The fourth-order valence-corrected chi connectivity index (χ4v) is 6.60. The van der Waals surface area contributed by atoms with Crippen LogP contribution in [0.5, 0.6) is 11.5 Å². The molecule has 270 valence electrons. The number of carboxylic acids is 1. The first-order chi connectivity index (χ1) is 25.1. The van der Waals surface area contributed by atoms with Gasteiger partial charge in [-0.05, 0) is 78.9 Å². The molecule has 0 unspecified atom stereocenters. The number of rotatable bonds is 14. The molecule has 0 bridgehead atoms. The van der Waals surface area contributed by atoms with E-state index in [0.717, 1.165) is 30.5 Å². The Morgan fingerprint density at radius 1 is 0.962 bits per heavy atom. The molecule has 1 aliphatic rings. The van der Waals surface area contributed by atoms with Gasteiger partial charge in [-0.3, -0.25) is 9.59 Å². The Kier molecular flexibility index (Phi) is 11.2. The number of phenolic OH excluding ortho intramolecular Hbond substituents is 1. The highest BCUT2D eigenvalue weighted by Crippen LogP contribution is 2.32. The number of nitrogens with one attached hydrogen (secondary N) is 3. The lowest BCUT2D eigenvalue weighted by atomic mass is 9.86. The van der Waals surface area contributed by atoms with Crippen LogP contribution in [0.3, 0.4) is 0 Å². The molecule has 0 saturated carbocycles. The molecular formula is C40H42N4O8. The number of piperidine rings is 1. The number of hydrogen-bond donors (Lipinski definition) is 7. The van der Waals surface area contributed by atoms with Gasteiger partial charge in [-0.25, -0.2) is 4.79 Å². The van der Waals surface area contributed by atoms with Crippen molar-refractivity contribution in [2.24, 2.45) is 0 Å². The highest BCUT2D eigenvalue weighted by Gasteiger charge is 2.40. The number of pyridine rings is 1. The zero-order chi connectivity index (χ0) is 36.7. The zero-order valence-electron chi connectivity index (χ0n) is 28.5. The van der Waals surface area contributed by atoms with Crippen molar-refractivity contribution >= 4 is 28.5 Å². The summed E-state index contributed by atoms with van der Waals surface area (Å²) in [5, 5.41) is 49.4. The number of hydrogen-bond acceptors (Lipinski definition) is 9. The van der Waals surface area contributed by atoms with Crippen LogP contribution in [0.1, 0.15) is 41.2 Å². The number of anilines is 1. The Morgan fingerprint density at radius 2 is 1.73 bits per heavy atom. The first-order valence-corrected chi connectivity index (χ1v) is 17.2. The van der Waals surface area contributed by atoms with Crippen LogP contribution in [0, 0.1) is 0 Å². The van der Waals surface area contributed by atoms with Gasteiger partial charge in [0.25, 0.3) is 5.91 Å². The second-order valence-electron chi connectivity index (χ2n) is 13.0. The molecule has 12 nitrogen and oxygen atoms in total. The lowest BCUT2D eigenvalue weighted by Crippen LogP contribution is -2.46. The number of nitrogens with zero attached hydrogens (tertiary/aromatic N) is 1. The average molecular weight is 707 g/mol. The van der Waals surface area contributed by atoms with Crippen LogP contribution in [0.25, 0.3) is 10.9 Å². The highest BCUT2D eigenvalue weighted by atomic mass is 16.5. The summed E-state index contributed by atoms with van der Waals surface area (Å²) >= 11 is 0. The number of carboxylic acid groups (broad SMARTS) is 1. The van der Waals surface area contributed by atoms with E-state index in [1.54, 1.807) is 59.5 Å². The van der Waals surface area contributed by atoms with E-state index in [1.807, 2.05) is 24.3 Å². The third kappa shape index (κ3) is 8.26. The van der Waals surface area contributed by atoms with Crippen molar-refractivity contribution in [3.8, 4) is 11.5 Å². The van der Waals surface area contributed by atoms with Gasteiger partial charge in [-0.2, -0.15) is 0 Å². The number of fused-ring (bicyclic) bond motifs is 1. The summed E-state index contributed by atoms with van der Waals surface area (Å²) in [4.78, 5) is 41.4. The van der Waals surface area contributed by atoms with Gasteiger partial charge in [0, 0.05) is 48.4 Å². The number of aromatic amines is 1. The fourth-order valence-electron chi connectivity index (χ4n) is 6.60. The van der Waals surface area contributed by atoms with Crippen LogP contribution in [0.15, 0.2) is 108 Å². The summed E-state index contributed by atoms with van der Waals surface area (Å²) in [7, 11) is 0. The van der Waals surface area contributed by atoms with Crippen molar-refractivity contribution < 1.29 is 34.8 Å². The molecular weight excluding hydrogens is 664 g/mol. The third-order valence-corrected chi connectivity index (χ3v) is 9.41. The van der Waals surface area contributed by atoms with Crippen molar-refractivity contribution in [2.45, 2.75) is 37.0 Å². The largest absolute Gasteiger partial charge is 0.506 e. The highest BCUT2D eigenvalue weighted by molar-refractivity contribution is 5.87. The van der Waals surface area contributed by atoms with Crippen LogP contribution in [0.4, 0.5) is 5.69 Å². The number of aromatic hydroxyl groups is 1. The molecule has 5 aromatic rings. The van der Waals surface area contributed by atoms with Gasteiger partial charge in [0.1, 0.15) is 11.5 Å². The number of aliphatic hydroxyl groups is 2. The van der Waals surface area contributed by atoms with Gasteiger partial charge < -0.3 is 45.7 Å². The second-order valence-corrected chi connectivity index (χ2v) is 13.0. The molecule has 0 spiro atoms. The first-order valence-electron chi connectivity index (χ1n) is 17.2. The smallest absolute Gasteiger partial charge is 0.345 e. The predicted molar refractivity (Wildman–Crippen MR) is 196 cm³/mol. The van der Waals surface area contributed by atoms with Crippen LogP contribution in [-0.4, -0.2) is 81.0 Å². The van der Waals surface area contributed by atoms with Crippen molar-refractivity contribution in [3.63, 3.8) is 0 Å². The van der Waals surface area contributed by atoms with Crippen LogP contribution in [-0.2, 0) is 21.6 Å². The minimum absolute atomic E-state index is 0.0479. The van der Waals surface area contributed by atoms with Gasteiger partial charge in [0.2, 0.25) is 11.2 Å². The van der Waals surface area contributed by atoms with Gasteiger partial charge in [-0.1, -0.05) is 60.7 Å². The minimum Gasteiger partial charge on any atom is -0.506 e. The Morgan fingerprint density at radius 3 is 2.50 bits per heavy atom. The molecule has 1 aromatic heterocycles. The lowest BCUT2D eigenvalue weighted by Gasteiger charge is -2.33. The van der Waals surface area contributed by atoms with Crippen molar-refractivity contribution in [3.05, 3.63) is 136 Å². The molecule has 0 radical (unpaired) electrons. The summed E-state index contributed by atoms with van der Waals surface area (Å²) in [5.74, 6) is -1.37. The number of aliphatic hydroxyl groups excluding tert-OH is 1. The van der Waals surface area contributed by atoms with E-state index in [9.17, 15) is 34.8 Å². The number of aromatic nitrogens is 1. The summed E-state index contributed by atoms with van der Waals surface area (Å²) < 4.78 is 5.78. The standard InChI is InChI=1S/C40H42N4O8/c45-34-17-15-32(33-16-18-36(47)43-38(33)34)35(46)23-41-20-19-26-11-13-29(14-12-26)42-30-9-5-21-44(24-30)37(48)25-52-31-10-4-8-28(22-31)40(51,39(49)50)27-6-2-1-3-7-27/h1-4,6-8,10-18,22,30,35,41-42,45-46,51H,5,9,19-21,23-25H2,(H,43,47)(H,49,50)/t30-,35+,40+/m1/s1. The van der Waals surface area contributed by atoms with Gasteiger partial charge in [0.15, 0.2) is 6.61 Å². The third-order valence-electron chi connectivity index (χ3n) is 9.41. The fraction of sp³-hybridized carbons (Fsp3) is 0.275. The number of likely N-dealkylation sites (tertiary alicyclic amines) is 1. The van der Waals surface area contributed by atoms with Crippen LogP contribution in [0.2, 0.25) is 0 Å². The summed E-state index contributed by atoms with van der Waals surface area (Å²) in [5.41, 5.74) is 0.717. The monoisotopic (exact) mass is 706 g/mol. The van der Waals surface area contributed by atoms with E-state index in [4.69, 9.17) is 4.74 Å². The van der Waals surface area contributed by atoms with E-state index >= 15 is 0 Å². The molecule has 0 aliphatic carbocycles. The van der Waals surface area contributed by atoms with E-state index in [2.05, 4.69) is 15.6 Å². The van der Waals surface area contributed by atoms with E-state index in [1.165, 1.54) is 24.3 Å². The normalized spacial score (nSPS) is 16.2. The molecule has 1 fully saturated rings. The van der Waals surface area contributed by atoms with Gasteiger partial charge in [0.05, 0.1) is 11.6 Å². The lowest BCUT2D eigenvalue weighted by molar-refractivity contribution is -0.155. The minimum atomic E-state index is -2.27. The number of phenols is 1. The predicted octanol–water partition coefficient (Wildman–Crippen LogP) is 3.90. The molecule has 6 rings (SSSR count). The Hall–Kier alpha value is -5.69. The Balaban J connectivity index is 0.961. The average Bonchev–Trinajstić information content (AvgIpc) is 3.16. The number of H-pyrrole nitrogens is 1. The number of carbonyl (C=O) groups is 2. The summed E-state index contributed by atoms with van der Waals surface area (Å²) in [6, 6.07) is 28.6. The molecule has 1 saturated heterocycles. The maximum atomic E-state index is 13.1. The number of benzene rings is 4. The molecule has 7 N–H and O–H groups in total. The number of carbonyl (C=O) groups excluding carboxylic acids is 1. The molecule has 3 atom stereocenters.